The van der Waals surface area contributed by atoms with Crippen LogP contribution >= 0.6 is 22.9 Å². The molecule has 7 heteroatoms. The number of carbonyl (C=O) groups is 1. The van der Waals surface area contributed by atoms with Crippen LogP contribution in [0.25, 0.3) is 0 Å². The van der Waals surface area contributed by atoms with Crippen LogP contribution in [0.3, 0.4) is 0 Å². The van der Waals surface area contributed by atoms with Crippen LogP contribution in [-0.2, 0) is 11.3 Å². The highest BCUT2D eigenvalue weighted by Gasteiger charge is 2.06. The molecule has 0 aliphatic heterocycles. The molecule has 0 fully saturated rings. The fraction of sp³-hybridized carbons (Fsp3) is 0.333. The Morgan fingerprint density at radius 2 is 2.09 bits per heavy atom. The number of thiazole rings is 1. The smallest absolute Gasteiger partial charge is 0.307 e. The Balaban J connectivity index is 1.66. The summed E-state index contributed by atoms with van der Waals surface area (Å²) < 4.78 is 7.08. The van der Waals surface area contributed by atoms with Gasteiger partial charge in [-0.3, -0.25) is 9.59 Å². The Hall–Kier alpha value is -1.79. The largest absolute Gasteiger partial charge is 0.492 e. The third-order valence-electron chi connectivity index (χ3n) is 3.05. The molecular weight excluding hydrogens is 324 g/mol. The monoisotopic (exact) mass is 340 g/mol. The van der Waals surface area contributed by atoms with E-state index in [0.717, 1.165) is 17.0 Å². The number of amides is 1. The second-order valence-electron chi connectivity index (χ2n) is 4.70. The van der Waals surface area contributed by atoms with Gasteiger partial charge in [0.2, 0.25) is 5.91 Å². The van der Waals surface area contributed by atoms with Gasteiger partial charge in [-0.05, 0) is 31.2 Å². The van der Waals surface area contributed by atoms with E-state index in [9.17, 15) is 9.59 Å². The number of hydrogen-bond acceptors (Lipinski definition) is 4. The first kappa shape index (κ1) is 16.6. The first-order valence-corrected chi connectivity index (χ1v) is 8.12. The van der Waals surface area contributed by atoms with E-state index in [4.69, 9.17) is 16.3 Å². The fourth-order valence-electron chi connectivity index (χ4n) is 1.87. The minimum Gasteiger partial charge on any atom is -0.492 e. The molecule has 1 aromatic heterocycles. The number of carbonyl (C=O) groups excluding carboxylic acids is 1. The normalized spacial score (nSPS) is 10.5. The van der Waals surface area contributed by atoms with Crippen LogP contribution in [0.5, 0.6) is 5.75 Å². The lowest BCUT2D eigenvalue weighted by Gasteiger charge is -2.08. The van der Waals surface area contributed by atoms with Crippen LogP contribution in [0.1, 0.15) is 12.1 Å². The van der Waals surface area contributed by atoms with Gasteiger partial charge in [-0.15, -0.1) is 0 Å². The predicted octanol–water partition coefficient (Wildman–Crippen LogP) is 2.46. The van der Waals surface area contributed by atoms with Crippen LogP contribution in [0, 0.1) is 6.92 Å². The summed E-state index contributed by atoms with van der Waals surface area (Å²) in [6, 6.07) is 7.04. The van der Waals surface area contributed by atoms with Crippen molar-refractivity contribution in [3.05, 3.63) is 50.0 Å². The molecule has 0 atom stereocenters. The molecule has 1 amide bonds. The standard InChI is InChI=1S/C15H17ClN2O3S/c1-11-10-22-15(20)18(11)8-6-14(19)17-7-9-21-13-4-2-12(16)3-5-13/h2-5,10H,6-9H2,1H3,(H,17,19). The van der Waals surface area contributed by atoms with E-state index in [-0.39, 0.29) is 17.2 Å². The number of aryl methyl sites for hydroxylation is 1. The SMILES string of the molecule is Cc1csc(=O)n1CCC(=O)NCCOc1ccc(Cl)cc1. The molecule has 0 aliphatic rings. The first-order chi connectivity index (χ1) is 10.6. The van der Waals surface area contributed by atoms with E-state index in [1.807, 2.05) is 6.92 Å². The minimum absolute atomic E-state index is 0.0311. The Bertz CT molecular complexity index is 679. The summed E-state index contributed by atoms with van der Waals surface area (Å²) in [7, 11) is 0. The molecule has 22 heavy (non-hydrogen) atoms. The molecule has 0 radical (unpaired) electrons. The second kappa shape index (κ2) is 8.00. The maximum absolute atomic E-state index is 11.7. The van der Waals surface area contributed by atoms with Crippen LogP contribution in [0.15, 0.2) is 34.4 Å². The van der Waals surface area contributed by atoms with Gasteiger partial charge in [0.05, 0.1) is 6.54 Å². The van der Waals surface area contributed by atoms with Crippen molar-refractivity contribution in [1.29, 1.82) is 0 Å². The average Bonchev–Trinajstić information content (AvgIpc) is 2.82. The molecule has 0 aliphatic carbocycles. The number of aromatic nitrogens is 1. The number of nitrogens with zero attached hydrogens (tertiary/aromatic N) is 1. The summed E-state index contributed by atoms with van der Waals surface area (Å²) >= 11 is 6.93. The molecule has 0 saturated carbocycles. The molecule has 1 aromatic carbocycles. The zero-order chi connectivity index (χ0) is 15.9. The summed E-state index contributed by atoms with van der Waals surface area (Å²) in [5.41, 5.74) is 0.883. The van der Waals surface area contributed by atoms with Crippen molar-refractivity contribution >= 4 is 28.8 Å². The van der Waals surface area contributed by atoms with Crippen LogP contribution in [0.4, 0.5) is 0 Å². The van der Waals surface area contributed by atoms with Gasteiger partial charge in [0.1, 0.15) is 12.4 Å². The van der Waals surface area contributed by atoms with Gasteiger partial charge < -0.3 is 14.6 Å². The Morgan fingerprint density at radius 1 is 1.36 bits per heavy atom. The van der Waals surface area contributed by atoms with E-state index >= 15 is 0 Å². The first-order valence-electron chi connectivity index (χ1n) is 6.86. The molecule has 0 spiro atoms. The summed E-state index contributed by atoms with van der Waals surface area (Å²) in [4.78, 5) is 23.2. The third kappa shape index (κ3) is 4.89. The Morgan fingerprint density at radius 3 is 2.73 bits per heavy atom. The Kier molecular flexibility index (Phi) is 6.03. The predicted molar refractivity (Wildman–Crippen MR) is 87.9 cm³/mol. The maximum Gasteiger partial charge on any atom is 0.307 e. The van der Waals surface area contributed by atoms with Gasteiger partial charge in [-0.1, -0.05) is 22.9 Å². The number of nitrogens with one attached hydrogen (secondary N) is 1. The number of ether oxygens (including phenoxy) is 1. The van der Waals surface area contributed by atoms with E-state index in [0.29, 0.717) is 30.5 Å². The zero-order valence-electron chi connectivity index (χ0n) is 12.2. The summed E-state index contributed by atoms with van der Waals surface area (Å²) in [6.07, 6.45) is 0.276. The molecule has 1 N–H and O–H groups in total. The zero-order valence-corrected chi connectivity index (χ0v) is 13.7. The highest BCUT2D eigenvalue weighted by atomic mass is 35.5. The lowest BCUT2D eigenvalue weighted by Crippen LogP contribution is -2.29. The van der Waals surface area contributed by atoms with E-state index in [1.165, 1.54) is 0 Å². The second-order valence-corrected chi connectivity index (χ2v) is 5.95. The van der Waals surface area contributed by atoms with Gasteiger partial charge in [-0.2, -0.15) is 0 Å². The van der Waals surface area contributed by atoms with E-state index in [2.05, 4.69) is 5.32 Å². The van der Waals surface area contributed by atoms with Crippen molar-refractivity contribution in [3.8, 4) is 5.75 Å². The summed E-state index contributed by atoms with van der Waals surface area (Å²) in [5.74, 6) is 0.608. The average molecular weight is 341 g/mol. The maximum atomic E-state index is 11.7. The number of halogens is 1. The highest BCUT2D eigenvalue weighted by Crippen LogP contribution is 2.15. The van der Waals surface area contributed by atoms with Crippen molar-refractivity contribution < 1.29 is 9.53 Å². The molecule has 0 bridgehead atoms. The number of benzene rings is 1. The topological polar surface area (TPSA) is 60.3 Å². The third-order valence-corrected chi connectivity index (χ3v) is 4.18. The fourth-order valence-corrected chi connectivity index (χ4v) is 2.75. The van der Waals surface area contributed by atoms with Gasteiger partial charge >= 0.3 is 4.87 Å². The molecule has 0 saturated heterocycles. The van der Waals surface area contributed by atoms with Crippen LogP contribution < -0.4 is 14.9 Å². The lowest BCUT2D eigenvalue weighted by molar-refractivity contribution is -0.121. The van der Waals surface area contributed by atoms with Gasteiger partial charge in [0.15, 0.2) is 0 Å². The van der Waals surface area contributed by atoms with Gasteiger partial charge in [0.25, 0.3) is 0 Å². The molecule has 118 valence electrons. The molecule has 2 rings (SSSR count). The number of rotatable bonds is 7. The summed E-state index contributed by atoms with van der Waals surface area (Å²) in [6.45, 7) is 3.05. The van der Waals surface area contributed by atoms with E-state index in [1.54, 1.807) is 34.2 Å². The van der Waals surface area contributed by atoms with Crippen molar-refractivity contribution in [3.63, 3.8) is 0 Å². The molecular formula is C15H17ClN2O3S. The Labute approximate surface area is 137 Å². The lowest BCUT2D eigenvalue weighted by atomic mass is 10.3. The van der Waals surface area contributed by atoms with Gasteiger partial charge in [0, 0.05) is 29.1 Å². The van der Waals surface area contributed by atoms with Gasteiger partial charge in [-0.25, -0.2) is 0 Å². The molecule has 5 nitrogen and oxygen atoms in total. The summed E-state index contributed by atoms with van der Waals surface area (Å²) in [5, 5.41) is 5.21. The molecule has 2 aromatic rings. The number of hydrogen-bond donors (Lipinski definition) is 1. The van der Waals surface area contributed by atoms with Crippen molar-refractivity contribution in [2.75, 3.05) is 13.2 Å². The van der Waals surface area contributed by atoms with Crippen LogP contribution in [0.2, 0.25) is 5.02 Å². The quantitative estimate of drug-likeness (QED) is 0.788. The van der Waals surface area contributed by atoms with Crippen LogP contribution in [-0.4, -0.2) is 23.6 Å². The molecule has 1 heterocycles. The minimum atomic E-state index is -0.0998. The van der Waals surface area contributed by atoms with Crippen molar-refractivity contribution in [1.82, 2.24) is 9.88 Å². The highest BCUT2D eigenvalue weighted by molar-refractivity contribution is 7.07. The molecule has 0 unspecified atom stereocenters. The van der Waals surface area contributed by atoms with Crippen molar-refractivity contribution in [2.24, 2.45) is 0 Å². The van der Waals surface area contributed by atoms with Crippen molar-refractivity contribution in [2.45, 2.75) is 19.9 Å². The van der Waals surface area contributed by atoms with E-state index < -0.39 is 0 Å².